The van der Waals surface area contributed by atoms with E-state index in [1.54, 1.807) is 17.2 Å². The summed E-state index contributed by atoms with van der Waals surface area (Å²) >= 11 is 5.93. The van der Waals surface area contributed by atoms with Crippen molar-refractivity contribution < 1.29 is 9.90 Å². The van der Waals surface area contributed by atoms with E-state index in [2.05, 4.69) is 6.92 Å². The molecule has 1 N–H and O–H groups in total. The molecule has 4 nitrogen and oxygen atoms in total. The fourth-order valence-corrected chi connectivity index (χ4v) is 2.08. The summed E-state index contributed by atoms with van der Waals surface area (Å²) in [7, 11) is 0. The van der Waals surface area contributed by atoms with Crippen LogP contribution in [0.15, 0.2) is 12.3 Å². The van der Waals surface area contributed by atoms with Gasteiger partial charge in [0.05, 0.1) is 11.6 Å². The molecule has 1 amide bonds. The summed E-state index contributed by atoms with van der Waals surface area (Å²) in [6.07, 6.45) is 3.71. The van der Waals surface area contributed by atoms with Gasteiger partial charge in [0.1, 0.15) is 5.69 Å². The van der Waals surface area contributed by atoms with Crippen LogP contribution in [0, 0.1) is 0 Å². The number of carbonyl (C=O) groups excluding carboxylic acids is 1. The maximum atomic E-state index is 12.4. The number of hydrogen-bond acceptors (Lipinski definition) is 2. The Hall–Kier alpha value is -1.00. The lowest BCUT2D eigenvalue weighted by atomic mass is 10.3. The lowest BCUT2D eigenvalue weighted by Gasteiger charge is -2.22. The highest BCUT2D eigenvalue weighted by molar-refractivity contribution is 6.31. The predicted octanol–water partition coefficient (Wildman–Crippen LogP) is 2.40. The van der Waals surface area contributed by atoms with Crippen molar-refractivity contribution in [3.05, 3.63) is 23.0 Å². The van der Waals surface area contributed by atoms with Crippen LogP contribution in [-0.4, -0.2) is 40.2 Å². The number of nitrogens with zero attached hydrogens (tertiary/aromatic N) is 2. The molecular formula is C13H21ClN2O2. The molecule has 1 rings (SSSR count). The molecule has 0 bridgehead atoms. The number of halogens is 1. The van der Waals surface area contributed by atoms with Crippen LogP contribution in [-0.2, 0) is 6.54 Å². The Bertz CT molecular complexity index is 390. The van der Waals surface area contributed by atoms with Gasteiger partial charge in [0.15, 0.2) is 0 Å². The van der Waals surface area contributed by atoms with E-state index in [1.807, 2.05) is 11.5 Å². The predicted molar refractivity (Wildman–Crippen MR) is 73.0 cm³/mol. The van der Waals surface area contributed by atoms with Gasteiger partial charge in [0, 0.05) is 25.8 Å². The quantitative estimate of drug-likeness (QED) is 0.828. The van der Waals surface area contributed by atoms with Gasteiger partial charge in [-0.3, -0.25) is 4.79 Å². The van der Waals surface area contributed by atoms with Crippen LogP contribution in [0.2, 0.25) is 5.02 Å². The number of aliphatic hydroxyl groups excluding tert-OH is 1. The molecule has 102 valence electrons. The van der Waals surface area contributed by atoms with Crippen molar-refractivity contribution >= 4 is 17.5 Å². The molecule has 0 unspecified atom stereocenters. The van der Waals surface area contributed by atoms with Gasteiger partial charge < -0.3 is 14.6 Å². The van der Waals surface area contributed by atoms with Crippen molar-refractivity contribution in [2.75, 3.05) is 19.7 Å². The molecule has 0 saturated heterocycles. The summed E-state index contributed by atoms with van der Waals surface area (Å²) in [5.74, 6) is -0.0637. The summed E-state index contributed by atoms with van der Waals surface area (Å²) in [4.78, 5) is 14.1. The van der Waals surface area contributed by atoms with Gasteiger partial charge in [-0.05, 0) is 19.4 Å². The van der Waals surface area contributed by atoms with Gasteiger partial charge in [0.2, 0.25) is 0 Å². The average Bonchev–Trinajstić information content (AvgIpc) is 2.75. The van der Waals surface area contributed by atoms with Crippen LogP contribution >= 0.6 is 11.6 Å². The van der Waals surface area contributed by atoms with Crippen molar-refractivity contribution in [3.8, 4) is 0 Å². The number of rotatable bonds is 7. The van der Waals surface area contributed by atoms with E-state index in [4.69, 9.17) is 16.7 Å². The second-order valence-corrected chi connectivity index (χ2v) is 4.64. The lowest BCUT2D eigenvalue weighted by Crippen LogP contribution is -2.35. The Labute approximate surface area is 113 Å². The third-order valence-corrected chi connectivity index (χ3v) is 3.07. The van der Waals surface area contributed by atoms with Gasteiger partial charge in [-0.15, -0.1) is 0 Å². The Morgan fingerprint density at radius 3 is 2.72 bits per heavy atom. The van der Waals surface area contributed by atoms with E-state index in [-0.39, 0.29) is 12.5 Å². The van der Waals surface area contributed by atoms with E-state index in [9.17, 15) is 4.79 Å². The fraction of sp³-hybridized carbons (Fsp3) is 0.615. The fourth-order valence-electron chi connectivity index (χ4n) is 1.86. The molecule has 0 saturated carbocycles. The molecule has 5 heteroatoms. The van der Waals surface area contributed by atoms with Crippen molar-refractivity contribution in [3.63, 3.8) is 0 Å². The van der Waals surface area contributed by atoms with Crippen LogP contribution in [0.3, 0.4) is 0 Å². The first kappa shape index (κ1) is 15.1. The average molecular weight is 273 g/mol. The van der Waals surface area contributed by atoms with E-state index in [0.717, 1.165) is 12.8 Å². The molecule has 0 atom stereocenters. The normalized spacial score (nSPS) is 10.7. The second kappa shape index (κ2) is 7.44. The molecule has 0 spiro atoms. The highest BCUT2D eigenvalue weighted by Gasteiger charge is 2.18. The molecule has 0 aliphatic rings. The van der Waals surface area contributed by atoms with E-state index < -0.39 is 0 Å². The third kappa shape index (κ3) is 3.75. The number of carbonyl (C=O) groups is 1. The van der Waals surface area contributed by atoms with Gasteiger partial charge in [-0.2, -0.15) is 0 Å². The first-order valence-corrected chi connectivity index (χ1v) is 6.77. The first-order valence-electron chi connectivity index (χ1n) is 6.39. The van der Waals surface area contributed by atoms with Crippen LogP contribution in [0.5, 0.6) is 0 Å². The van der Waals surface area contributed by atoms with Crippen LogP contribution in [0.25, 0.3) is 0 Å². The summed E-state index contributed by atoms with van der Waals surface area (Å²) in [5.41, 5.74) is 0.590. The highest BCUT2D eigenvalue weighted by atomic mass is 35.5. The standard InChI is InChI=1S/C13H21ClN2O2/c1-3-5-6-16(7-8-17)13(18)12-9-11(14)10-15(12)4-2/h9-10,17H,3-8H2,1-2H3. The number of hydrogen-bond donors (Lipinski definition) is 1. The zero-order valence-corrected chi connectivity index (χ0v) is 11.8. The van der Waals surface area contributed by atoms with Crippen molar-refractivity contribution in [1.82, 2.24) is 9.47 Å². The van der Waals surface area contributed by atoms with E-state index in [0.29, 0.717) is 30.4 Å². The maximum Gasteiger partial charge on any atom is 0.270 e. The Morgan fingerprint density at radius 1 is 1.44 bits per heavy atom. The van der Waals surface area contributed by atoms with Gasteiger partial charge in [0.25, 0.3) is 5.91 Å². The SMILES string of the molecule is CCCCN(CCO)C(=O)c1cc(Cl)cn1CC. The van der Waals surface area contributed by atoms with Crippen molar-refractivity contribution in [1.29, 1.82) is 0 Å². The minimum absolute atomic E-state index is 0.0178. The number of aryl methyl sites for hydroxylation is 1. The lowest BCUT2D eigenvalue weighted by molar-refractivity contribution is 0.0708. The van der Waals surface area contributed by atoms with Crippen molar-refractivity contribution in [2.45, 2.75) is 33.2 Å². The molecule has 0 fully saturated rings. The van der Waals surface area contributed by atoms with Crippen molar-refractivity contribution in [2.24, 2.45) is 0 Å². The zero-order valence-electron chi connectivity index (χ0n) is 11.0. The monoisotopic (exact) mass is 272 g/mol. The Kier molecular flexibility index (Phi) is 6.22. The van der Waals surface area contributed by atoms with Crippen LogP contribution in [0.4, 0.5) is 0 Å². The van der Waals surface area contributed by atoms with Crippen LogP contribution in [0.1, 0.15) is 37.2 Å². The zero-order chi connectivity index (χ0) is 13.5. The summed E-state index contributed by atoms with van der Waals surface area (Å²) < 4.78 is 1.83. The summed E-state index contributed by atoms with van der Waals surface area (Å²) in [6, 6.07) is 1.68. The summed E-state index contributed by atoms with van der Waals surface area (Å²) in [5, 5.41) is 9.61. The third-order valence-electron chi connectivity index (χ3n) is 2.86. The molecule has 1 aromatic rings. The van der Waals surface area contributed by atoms with E-state index >= 15 is 0 Å². The Morgan fingerprint density at radius 2 is 2.17 bits per heavy atom. The molecule has 1 aromatic heterocycles. The topological polar surface area (TPSA) is 45.5 Å². The summed E-state index contributed by atoms with van der Waals surface area (Å²) in [6.45, 7) is 5.76. The maximum absolute atomic E-state index is 12.4. The number of aromatic nitrogens is 1. The Balaban J connectivity index is 2.86. The van der Waals surface area contributed by atoms with Gasteiger partial charge in [-0.25, -0.2) is 0 Å². The highest BCUT2D eigenvalue weighted by Crippen LogP contribution is 2.16. The molecule has 0 aromatic carbocycles. The first-order chi connectivity index (χ1) is 8.63. The number of unbranched alkanes of at least 4 members (excludes halogenated alkanes) is 1. The minimum atomic E-state index is -0.0637. The molecular weight excluding hydrogens is 252 g/mol. The molecule has 1 heterocycles. The van der Waals surface area contributed by atoms with Crippen LogP contribution < -0.4 is 0 Å². The molecule has 0 aliphatic heterocycles. The number of amides is 1. The largest absolute Gasteiger partial charge is 0.395 e. The van der Waals surface area contributed by atoms with E-state index in [1.165, 1.54) is 0 Å². The van der Waals surface area contributed by atoms with Gasteiger partial charge >= 0.3 is 0 Å². The second-order valence-electron chi connectivity index (χ2n) is 4.20. The molecule has 0 radical (unpaired) electrons. The molecule has 18 heavy (non-hydrogen) atoms. The minimum Gasteiger partial charge on any atom is -0.395 e. The number of aliphatic hydroxyl groups is 1. The smallest absolute Gasteiger partial charge is 0.270 e. The molecule has 0 aliphatic carbocycles. The van der Waals surface area contributed by atoms with Gasteiger partial charge in [-0.1, -0.05) is 24.9 Å².